The molecule has 0 amide bonds. The van der Waals surface area contributed by atoms with Crippen LogP contribution in [0.5, 0.6) is 0 Å². The summed E-state index contributed by atoms with van der Waals surface area (Å²) in [6.45, 7) is 1.95. The summed E-state index contributed by atoms with van der Waals surface area (Å²) < 4.78 is 0. The predicted octanol–water partition coefficient (Wildman–Crippen LogP) is 1.50. The average Bonchev–Trinajstić information content (AvgIpc) is 2.67. The van der Waals surface area contributed by atoms with Gasteiger partial charge < -0.3 is 19.6 Å². The van der Waals surface area contributed by atoms with Crippen molar-refractivity contribution in [1.82, 2.24) is 19.9 Å². The van der Waals surface area contributed by atoms with E-state index < -0.39 is 0 Å². The molecule has 0 bridgehead atoms. The van der Waals surface area contributed by atoms with Crippen LogP contribution in [0.25, 0.3) is 0 Å². The third-order valence-electron chi connectivity index (χ3n) is 4.82. The van der Waals surface area contributed by atoms with Crippen molar-refractivity contribution in [3.05, 3.63) is 24.7 Å². The van der Waals surface area contributed by atoms with E-state index in [9.17, 15) is 0 Å². The van der Waals surface area contributed by atoms with Gasteiger partial charge in [0.2, 0.25) is 5.95 Å². The second kappa shape index (κ2) is 7.72. The fourth-order valence-corrected chi connectivity index (χ4v) is 3.18. The van der Waals surface area contributed by atoms with Crippen LogP contribution >= 0.6 is 0 Å². The van der Waals surface area contributed by atoms with Crippen LogP contribution in [0.15, 0.2) is 24.7 Å². The molecular weight excluding hydrogens is 328 g/mol. The van der Waals surface area contributed by atoms with Crippen LogP contribution in [0.4, 0.5) is 23.4 Å². The van der Waals surface area contributed by atoms with E-state index in [4.69, 9.17) is 0 Å². The smallest absolute Gasteiger partial charge is 0.226 e. The molecule has 0 aliphatic carbocycles. The van der Waals surface area contributed by atoms with Crippen molar-refractivity contribution in [2.24, 2.45) is 0 Å². The molecule has 0 spiro atoms. The molecule has 0 unspecified atom stereocenters. The zero-order valence-corrected chi connectivity index (χ0v) is 16.3. The second-order valence-electron chi connectivity index (χ2n) is 7.07. The number of aromatic nitrogens is 4. The maximum atomic E-state index is 4.66. The Kier molecular flexibility index (Phi) is 5.39. The first-order valence-corrected chi connectivity index (χ1v) is 8.93. The molecule has 0 atom stereocenters. The first-order valence-electron chi connectivity index (χ1n) is 8.93. The fourth-order valence-electron chi connectivity index (χ4n) is 3.18. The lowest BCUT2D eigenvalue weighted by molar-refractivity contribution is 0.478. The number of nitrogens with zero attached hydrogens (tertiary/aromatic N) is 8. The van der Waals surface area contributed by atoms with E-state index in [1.807, 2.05) is 50.3 Å². The average molecular weight is 356 g/mol. The monoisotopic (exact) mass is 356 g/mol. The van der Waals surface area contributed by atoms with Crippen molar-refractivity contribution in [3.8, 4) is 0 Å². The molecular formula is C18H28N8. The molecule has 1 aliphatic rings. The van der Waals surface area contributed by atoms with Crippen molar-refractivity contribution < 1.29 is 0 Å². The highest BCUT2D eigenvalue weighted by molar-refractivity contribution is 5.50. The highest BCUT2D eigenvalue weighted by atomic mass is 15.3. The molecule has 26 heavy (non-hydrogen) atoms. The summed E-state index contributed by atoms with van der Waals surface area (Å²) in [7, 11) is 10.0. The van der Waals surface area contributed by atoms with Crippen molar-refractivity contribution in [2.75, 3.05) is 67.9 Å². The van der Waals surface area contributed by atoms with Gasteiger partial charge in [-0.15, -0.1) is 0 Å². The van der Waals surface area contributed by atoms with E-state index in [-0.39, 0.29) is 0 Å². The molecule has 140 valence electrons. The van der Waals surface area contributed by atoms with Gasteiger partial charge in [0, 0.05) is 66.6 Å². The Balaban J connectivity index is 1.65. The molecule has 2 aromatic heterocycles. The Bertz CT molecular complexity index is 725. The van der Waals surface area contributed by atoms with Gasteiger partial charge in [-0.05, 0) is 18.9 Å². The normalized spacial score (nSPS) is 15.0. The van der Waals surface area contributed by atoms with Crippen LogP contribution < -0.4 is 19.6 Å². The Morgan fingerprint density at radius 3 is 2.31 bits per heavy atom. The van der Waals surface area contributed by atoms with Crippen molar-refractivity contribution in [2.45, 2.75) is 18.9 Å². The number of rotatable bonds is 5. The molecule has 1 fully saturated rings. The highest BCUT2D eigenvalue weighted by Crippen LogP contribution is 2.25. The van der Waals surface area contributed by atoms with E-state index >= 15 is 0 Å². The van der Waals surface area contributed by atoms with Crippen LogP contribution in [0, 0.1) is 0 Å². The molecule has 3 rings (SSSR count). The van der Waals surface area contributed by atoms with Gasteiger partial charge in [0.1, 0.15) is 23.8 Å². The Hall–Kier alpha value is -2.64. The van der Waals surface area contributed by atoms with Crippen LogP contribution in [0.1, 0.15) is 12.8 Å². The molecule has 0 N–H and O–H groups in total. The molecule has 1 saturated heterocycles. The number of hydrogen-bond acceptors (Lipinski definition) is 8. The van der Waals surface area contributed by atoms with E-state index in [1.54, 1.807) is 6.33 Å². The summed E-state index contributed by atoms with van der Waals surface area (Å²) in [5.41, 5.74) is 0. The lowest BCUT2D eigenvalue weighted by atomic mass is 10.0. The lowest BCUT2D eigenvalue weighted by Crippen LogP contribution is -2.44. The van der Waals surface area contributed by atoms with E-state index in [2.05, 4.69) is 42.8 Å². The summed E-state index contributed by atoms with van der Waals surface area (Å²) in [6.07, 6.45) is 5.61. The summed E-state index contributed by atoms with van der Waals surface area (Å²) in [5.74, 6) is 3.65. The topological polar surface area (TPSA) is 64.5 Å². The maximum Gasteiger partial charge on any atom is 0.226 e. The number of anilines is 4. The largest absolute Gasteiger partial charge is 0.363 e. The molecule has 8 heteroatoms. The van der Waals surface area contributed by atoms with E-state index in [1.165, 1.54) is 0 Å². The zero-order valence-electron chi connectivity index (χ0n) is 16.3. The standard InChI is InChI=1S/C18H28N8/c1-23(2)16-12-17(21-13-20-16)26-10-7-14(8-11-26)25(5)15-6-9-19-18(22-15)24(3)4/h6,9,12-14H,7-8,10-11H2,1-5H3. The minimum absolute atomic E-state index is 0.464. The third kappa shape index (κ3) is 3.95. The molecule has 0 aromatic carbocycles. The first-order chi connectivity index (χ1) is 12.5. The Morgan fingerprint density at radius 1 is 0.923 bits per heavy atom. The molecule has 2 aromatic rings. The molecule has 1 aliphatic heterocycles. The quantitative estimate of drug-likeness (QED) is 0.799. The SMILES string of the molecule is CN(C)c1cc(N2CCC(N(C)c3ccnc(N(C)C)n3)CC2)ncn1. The van der Waals surface area contributed by atoms with Crippen LogP contribution in [0.3, 0.4) is 0 Å². The minimum Gasteiger partial charge on any atom is -0.363 e. The number of piperidine rings is 1. The fraction of sp³-hybridized carbons (Fsp3) is 0.556. The van der Waals surface area contributed by atoms with Crippen LogP contribution in [-0.4, -0.2) is 74.3 Å². The second-order valence-corrected chi connectivity index (χ2v) is 7.07. The van der Waals surface area contributed by atoms with Gasteiger partial charge in [0.05, 0.1) is 0 Å². The van der Waals surface area contributed by atoms with Crippen LogP contribution in [-0.2, 0) is 0 Å². The maximum absolute atomic E-state index is 4.66. The van der Waals surface area contributed by atoms with Crippen LogP contribution in [0.2, 0.25) is 0 Å². The van der Waals surface area contributed by atoms with Gasteiger partial charge in [-0.25, -0.2) is 15.0 Å². The van der Waals surface area contributed by atoms with Gasteiger partial charge in [-0.1, -0.05) is 0 Å². The summed E-state index contributed by atoms with van der Waals surface area (Å²) >= 11 is 0. The van der Waals surface area contributed by atoms with Gasteiger partial charge in [0.15, 0.2) is 0 Å². The van der Waals surface area contributed by atoms with E-state index in [0.29, 0.717) is 6.04 Å². The van der Waals surface area contributed by atoms with E-state index in [0.717, 1.165) is 49.3 Å². The lowest BCUT2D eigenvalue weighted by Gasteiger charge is -2.38. The zero-order chi connectivity index (χ0) is 18.7. The summed E-state index contributed by atoms with van der Waals surface area (Å²) in [4.78, 5) is 26.3. The van der Waals surface area contributed by atoms with Crippen molar-refractivity contribution >= 4 is 23.4 Å². The first kappa shape index (κ1) is 18.2. The molecule has 0 radical (unpaired) electrons. The highest BCUT2D eigenvalue weighted by Gasteiger charge is 2.24. The predicted molar refractivity (Wildman–Crippen MR) is 106 cm³/mol. The Morgan fingerprint density at radius 2 is 1.65 bits per heavy atom. The summed E-state index contributed by atoms with van der Waals surface area (Å²) in [5, 5.41) is 0. The number of hydrogen-bond donors (Lipinski definition) is 0. The molecule has 0 saturated carbocycles. The molecule has 3 heterocycles. The molecule has 8 nitrogen and oxygen atoms in total. The minimum atomic E-state index is 0.464. The van der Waals surface area contributed by atoms with Gasteiger partial charge >= 0.3 is 0 Å². The van der Waals surface area contributed by atoms with Crippen molar-refractivity contribution in [1.29, 1.82) is 0 Å². The van der Waals surface area contributed by atoms with Gasteiger partial charge in [-0.3, -0.25) is 0 Å². The Labute approximate surface area is 155 Å². The third-order valence-corrected chi connectivity index (χ3v) is 4.82. The van der Waals surface area contributed by atoms with Gasteiger partial charge in [-0.2, -0.15) is 4.98 Å². The van der Waals surface area contributed by atoms with Gasteiger partial charge in [0.25, 0.3) is 0 Å². The van der Waals surface area contributed by atoms with Crippen molar-refractivity contribution in [3.63, 3.8) is 0 Å². The summed E-state index contributed by atoms with van der Waals surface area (Å²) in [6, 6.07) is 4.50.